The van der Waals surface area contributed by atoms with E-state index in [1.165, 1.54) is 11.3 Å². The molecule has 2 heterocycles. The van der Waals surface area contributed by atoms with Crippen molar-refractivity contribution in [3.8, 4) is 22.8 Å². The van der Waals surface area contributed by atoms with Crippen LogP contribution < -0.4 is 24.5 Å². The first kappa shape index (κ1) is 29.2. The number of hydrogen-bond donors (Lipinski definition) is 1. The third-order valence-electron chi connectivity index (χ3n) is 7.59. The molecule has 1 amide bonds. The highest BCUT2D eigenvalue weighted by Crippen LogP contribution is 2.41. The molecule has 2 aromatic carbocycles. The molecule has 42 heavy (non-hydrogen) atoms. The molecule has 5 rings (SSSR count). The van der Waals surface area contributed by atoms with Gasteiger partial charge in [0.25, 0.3) is 5.82 Å². The van der Waals surface area contributed by atoms with Gasteiger partial charge in [-0.1, -0.05) is 0 Å². The number of benzene rings is 2. The minimum Gasteiger partial charge on any atom is -0.550 e. The molecule has 220 valence electrons. The van der Waals surface area contributed by atoms with Gasteiger partial charge in [-0.15, -0.1) is 11.3 Å². The van der Waals surface area contributed by atoms with Crippen LogP contribution in [0.2, 0.25) is 0 Å². The molecule has 0 saturated heterocycles. The lowest BCUT2D eigenvalue weighted by molar-refractivity contribution is -0.678. The Kier molecular flexibility index (Phi) is 8.26. The monoisotopic (exact) mass is 596 g/mol. The van der Waals surface area contributed by atoms with Crippen molar-refractivity contribution in [3.05, 3.63) is 81.7 Å². The molecule has 0 unspecified atom stereocenters. The van der Waals surface area contributed by atoms with Gasteiger partial charge in [0.1, 0.15) is 28.9 Å². The van der Waals surface area contributed by atoms with Crippen LogP contribution >= 0.6 is 11.3 Å². The molecule has 9 nitrogen and oxygen atoms in total. The molecule has 0 saturated carbocycles. The topological polar surface area (TPSA) is 109 Å². The van der Waals surface area contributed by atoms with Gasteiger partial charge in [-0.25, -0.2) is 22.9 Å². The van der Waals surface area contributed by atoms with Crippen LogP contribution in [0.1, 0.15) is 28.4 Å². The number of fused-ring (bicyclic) bond motifs is 1. The maximum atomic E-state index is 13.8. The number of halogens is 2. The number of carboxylic acids is 1. The molecule has 2 aromatic heterocycles. The number of nitrogens with zero attached hydrogens (tertiary/aromatic N) is 3. The van der Waals surface area contributed by atoms with E-state index in [1.807, 2.05) is 53.1 Å². The number of nitrogens with one attached hydrogen (secondary N) is 1. The number of hydrogen-bond acceptors (Lipinski definition) is 7. The molecule has 0 aliphatic heterocycles. The quantitative estimate of drug-likeness (QED) is 0.267. The summed E-state index contributed by atoms with van der Waals surface area (Å²) in [5.41, 5.74) is 0.812. The lowest BCUT2D eigenvalue weighted by Gasteiger charge is -2.28. The molecular weight excluding hydrogens is 566 g/mol. The Balaban J connectivity index is 1.24. The van der Waals surface area contributed by atoms with Crippen LogP contribution in [-0.4, -0.2) is 35.1 Å². The van der Waals surface area contributed by atoms with Crippen molar-refractivity contribution >= 4 is 23.2 Å². The van der Waals surface area contributed by atoms with Gasteiger partial charge >= 0.3 is 0 Å². The average molecular weight is 597 g/mol. The number of thiazole rings is 1. The summed E-state index contributed by atoms with van der Waals surface area (Å²) in [6.45, 7) is 0.542. The van der Waals surface area contributed by atoms with Crippen LogP contribution in [0, 0.1) is 17.0 Å². The van der Waals surface area contributed by atoms with Crippen molar-refractivity contribution in [2.24, 2.45) is 19.5 Å². The first-order valence-corrected chi connectivity index (χ1v) is 14.2. The molecule has 4 aromatic rings. The number of amides is 1. The molecule has 0 radical (unpaired) electrons. The third kappa shape index (κ3) is 5.98. The zero-order valence-corrected chi connectivity index (χ0v) is 24.2. The van der Waals surface area contributed by atoms with Crippen molar-refractivity contribution in [1.82, 2.24) is 14.9 Å². The highest BCUT2D eigenvalue weighted by molar-refractivity contribution is 7.09. The normalized spacial score (nSPS) is 13.5. The number of rotatable bonds is 11. The summed E-state index contributed by atoms with van der Waals surface area (Å²) >= 11 is 1.33. The summed E-state index contributed by atoms with van der Waals surface area (Å²) in [5, 5.41) is 16.7. The van der Waals surface area contributed by atoms with Gasteiger partial charge in [0.2, 0.25) is 5.91 Å². The van der Waals surface area contributed by atoms with Crippen LogP contribution in [0.5, 0.6) is 11.5 Å². The van der Waals surface area contributed by atoms with Gasteiger partial charge in [0, 0.05) is 29.4 Å². The average Bonchev–Trinajstić information content (AvgIpc) is 3.65. The fourth-order valence-corrected chi connectivity index (χ4v) is 6.19. The van der Waals surface area contributed by atoms with Gasteiger partial charge in [-0.05, 0) is 48.2 Å². The number of carbonyl (C=O) groups excluding carboxylic acids is 2. The minimum atomic E-state index is -1.41. The van der Waals surface area contributed by atoms with Crippen LogP contribution in [0.3, 0.4) is 0 Å². The number of aliphatic carboxylic acids is 1. The largest absolute Gasteiger partial charge is 0.550 e. The number of carboxylic acid groups (broad SMARTS) is 1. The van der Waals surface area contributed by atoms with Crippen molar-refractivity contribution < 1.29 is 37.5 Å². The molecular formula is C30H30F2N4O5S. The van der Waals surface area contributed by atoms with Crippen LogP contribution in [-0.2, 0) is 49.5 Å². The summed E-state index contributed by atoms with van der Waals surface area (Å²) in [7, 11) is 5.55. The number of aryl methyl sites for hydroxylation is 2. The Morgan fingerprint density at radius 3 is 2.52 bits per heavy atom. The highest BCUT2D eigenvalue weighted by atomic mass is 32.1. The number of aromatic nitrogens is 3. The smallest absolute Gasteiger partial charge is 0.259 e. The van der Waals surface area contributed by atoms with Crippen molar-refractivity contribution in [3.63, 3.8) is 0 Å². The second kappa shape index (κ2) is 11.9. The fraction of sp³-hybridized carbons (Fsp3) is 0.333. The highest BCUT2D eigenvalue weighted by Gasteiger charge is 2.44. The van der Waals surface area contributed by atoms with E-state index < -0.39 is 35.3 Å². The second-order valence-electron chi connectivity index (χ2n) is 10.4. The lowest BCUT2D eigenvalue weighted by atomic mass is 9.80. The van der Waals surface area contributed by atoms with Crippen molar-refractivity contribution in [1.29, 1.82) is 0 Å². The standard InChI is InChI=1S/C30H30F2N4O5S/c1-35-7-8-36(2)27(35)6-9-41-20-4-5-21(25(12-20)40-3)24-17-42-26(34-24)16-33-29(39)30(15-28(37)38)13-18-10-22(31)23(32)11-19(18)14-30/h4-5,7-8,10-12,17H,6,9,13-16H2,1-3H3,(H-,33,37,38,39). The molecule has 0 bridgehead atoms. The molecule has 1 N–H and O–H groups in total. The summed E-state index contributed by atoms with van der Waals surface area (Å²) in [6, 6.07) is 7.55. The zero-order chi connectivity index (χ0) is 30.0. The van der Waals surface area contributed by atoms with E-state index in [9.17, 15) is 23.5 Å². The molecule has 0 spiro atoms. The minimum absolute atomic E-state index is 0.0300. The lowest BCUT2D eigenvalue weighted by Crippen LogP contribution is -2.45. The summed E-state index contributed by atoms with van der Waals surface area (Å²) in [4.78, 5) is 29.4. The summed E-state index contributed by atoms with van der Waals surface area (Å²) < 4.78 is 43.2. The number of carbonyl (C=O) groups is 2. The molecule has 1 aliphatic rings. The first-order valence-electron chi connectivity index (χ1n) is 13.3. The number of methoxy groups -OCH3 is 1. The van der Waals surface area contributed by atoms with Crippen LogP contribution in [0.15, 0.2) is 48.1 Å². The Morgan fingerprint density at radius 1 is 1.19 bits per heavy atom. The Morgan fingerprint density at radius 2 is 1.90 bits per heavy atom. The first-order chi connectivity index (χ1) is 20.1. The van der Waals surface area contributed by atoms with E-state index in [0.717, 1.165) is 29.9 Å². The predicted octanol–water partition coefficient (Wildman–Crippen LogP) is 2.42. The number of imidazole rings is 1. The molecule has 0 fully saturated rings. The van der Waals surface area contributed by atoms with E-state index in [4.69, 9.17) is 9.47 Å². The maximum absolute atomic E-state index is 13.8. The van der Waals surface area contributed by atoms with Gasteiger partial charge in [0.05, 0.1) is 51.9 Å². The van der Waals surface area contributed by atoms with Gasteiger partial charge < -0.3 is 24.7 Å². The third-order valence-corrected chi connectivity index (χ3v) is 8.44. The van der Waals surface area contributed by atoms with E-state index in [1.54, 1.807) is 13.2 Å². The second-order valence-corrected chi connectivity index (χ2v) is 11.4. The number of ether oxygens (including phenoxy) is 2. The Hall–Kier alpha value is -4.32. The van der Waals surface area contributed by atoms with Gasteiger partial charge in [0.15, 0.2) is 11.6 Å². The van der Waals surface area contributed by atoms with E-state index in [2.05, 4.69) is 10.3 Å². The molecule has 12 heteroatoms. The summed E-state index contributed by atoms with van der Waals surface area (Å²) in [5.74, 6) is -1.66. The van der Waals surface area contributed by atoms with Crippen molar-refractivity contribution in [2.45, 2.75) is 32.2 Å². The maximum Gasteiger partial charge on any atom is 0.259 e. The van der Waals surface area contributed by atoms with Crippen LogP contribution in [0.4, 0.5) is 8.78 Å². The van der Waals surface area contributed by atoms with E-state index >= 15 is 0 Å². The SMILES string of the molecule is COc1cc(OCCc2n(C)cc[n+]2C)ccc1-c1csc(CNC(=O)C2(CC(=O)[O-])Cc3cc(F)c(F)cc3C2)n1. The zero-order valence-electron chi connectivity index (χ0n) is 23.4. The fourth-order valence-electron chi connectivity index (χ4n) is 5.46. The van der Waals surface area contributed by atoms with Crippen molar-refractivity contribution in [2.75, 3.05) is 13.7 Å². The molecule has 1 aliphatic carbocycles. The Labute approximate surface area is 245 Å². The van der Waals surface area contributed by atoms with E-state index in [0.29, 0.717) is 39.9 Å². The van der Waals surface area contributed by atoms with E-state index in [-0.39, 0.29) is 19.4 Å². The summed E-state index contributed by atoms with van der Waals surface area (Å²) in [6.07, 6.45) is 4.08. The van der Waals surface area contributed by atoms with Crippen LogP contribution in [0.25, 0.3) is 11.3 Å². The predicted molar refractivity (Wildman–Crippen MR) is 148 cm³/mol. The van der Waals surface area contributed by atoms with Gasteiger partial charge in [-0.3, -0.25) is 4.79 Å². The molecule has 0 atom stereocenters. The van der Waals surface area contributed by atoms with Gasteiger partial charge in [-0.2, -0.15) is 0 Å². The Bertz CT molecular complexity index is 1600.